The summed E-state index contributed by atoms with van der Waals surface area (Å²) in [6, 6.07) is 74.8. The highest BCUT2D eigenvalue weighted by molar-refractivity contribution is 7.26. The second kappa shape index (κ2) is 14.9. The van der Waals surface area contributed by atoms with Crippen LogP contribution in [0.5, 0.6) is 0 Å². The van der Waals surface area contributed by atoms with Crippen molar-refractivity contribution in [3.05, 3.63) is 212 Å². The largest absolute Gasteiger partial charge is 0.456 e. The monoisotopic (exact) mass is 809 g/mol. The summed E-state index contributed by atoms with van der Waals surface area (Å²) in [6.45, 7) is 0. The maximum absolute atomic E-state index is 6.14. The Labute approximate surface area is 362 Å². The van der Waals surface area contributed by atoms with Gasteiger partial charge < -0.3 is 4.42 Å². The minimum absolute atomic E-state index is 0.621. The minimum atomic E-state index is 0.621. The van der Waals surface area contributed by atoms with Crippen LogP contribution in [-0.4, -0.2) is 15.0 Å². The van der Waals surface area contributed by atoms with E-state index in [1.807, 2.05) is 30.3 Å². The molecule has 0 N–H and O–H groups in total. The highest BCUT2D eigenvalue weighted by Crippen LogP contribution is 2.42. The van der Waals surface area contributed by atoms with Gasteiger partial charge in [-0.05, 0) is 99.1 Å². The number of hydrogen-bond acceptors (Lipinski definition) is 5. The number of benzene rings is 9. The number of fused-ring (bicyclic) bond motifs is 6. The molecule has 0 unspecified atom stereocenters. The van der Waals surface area contributed by atoms with Gasteiger partial charge in [0.2, 0.25) is 0 Å². The molecule has 12 aromatic rings. The number of aromatic nitrogens is 3. The van der Waals surface area contributed by atoms with E-state index in [4.69, 9.17) is 19.4 Å². The molecule has 9 aromatic carbocycles. The summed E-state index contributed by atoms with van der Waals surface area (Å²) in [5.41, 5.74) is 13.9. The molecule has 0 atom stereocenters. The van der Waals surface area contributed by atoms with E-state index in [0.29, 0.717) is 17.5 Å². The number of furan rings is 1. The van der Waals surface area contributed by atoms with E-state index >= 15 is 0 Å². The van der Waals surface area contributed by atoms with Crippen LogP contribution in [0.25, 0.3) is 121 Å². The van der Waals surface area contributed by atoms with Gasteiger partial charge in [-0.3, -0.25) is 0 Å². The maximum Gasteiger partial charge on any atom is 0.164 e. The molecular weight excluding hydrogens is 775 g/mol. The lowest BCUT2D eigenvalue weighted by atomic mass is 9.95. The maximum atomic E-state index is 6.14. The van der Waals surface area contributed by atoms with Crippen LogP contribution in [0.15, 0.2) is 217 Å². The molecule has 0 fully saturated rings. The molecule has 0 aliphatic heterocycles. The third-order valence-corrected chi connectivity index (χ3v) is 12.9. The smallest absolute Gasteiger partial charge is 0.164 e. The van der Waals surface area contributed by atoms with Crippen LogP contribution in [0.4, 0.5) is 0 Å². The number of rotatable bonds is 7. The van der Waals surface area contributed by atoms with E-state index < -0.39 is 0 Å². The number of nitrogens with zero attached hydrogens (tertiary/aromatic N) is 3. The molecule has 0 aliphatic rings. The summed E-state index contributed by atoms with van der Waals surface area (Å²) in [4.78, 5) is 15.6. The van der Waals surface area contributed by atoms with Gasteiger partial charge >= 0.3 is 0 Å². The quantitative estimate of drug-likeness (QED) is 0.161. The fraction of sp³-hybridized carbons (Fsp3) is 0. The van der Waals surface area contributed by atoms with E-state index in [9.17, 15) is 0 Å². The molecule has 3 heterocycles. The second-order valence-electron chi connectivity index (χ2n) is 15.6. The lowest BCUT2D eigenvalue weighted by molar-refractivity contribution is 0.669. The molecule has 290 valence electrons. The minimum Gasteiger partial charge on any atom is -0.456 e. The molecule has 0 aliphatic carbocycles. The Bertz CT molecular complexity index is 3650. The van der Waals surface area contributed by atoms with Crippen molar-refractivity contribution in [2.45, 2.75) is 0 Å². The van der Waals surface area contributed by atoms with Crippen LogP contribution in [0.1, 0.15) is 0 Å². The summed E-state index contributed by atoms with van der Waals surface area (Å²) in [7, 11) is 0. The Kier molecular flexibility index (Phi) is 8.65. The van der Waals surface area contributed by atoms with Crippen molar-refractivity contribution in [2.24, 2.45) is 0 Å². The SMILES string of the molecule is c1ccc(-c2cccc(-c3cccc(-c4ccc5sc6cccc(-c7nc(-c8ccccc8)nc(-c8cccc(-c9ccc%10oc%11ccccc%11c%10c9)c8)n7)c6c5c4)c3)c2)cc1. The van der Waals surface area contributed by atoms with Crippen molar-refractivity contribution in [1.82, 2.24) is 15.0 Å². The normalized spacial score (nSPS) is 11.5. The zero-order valence-corrected chi connectivity index (χ0v) is 34.2. The van der Waals surface area contributed by atoms with Crippen molar-refractivity contribution < 1.29 is 4.42 Å². The van der Waals surface area contributed by atoms with Gasteiger partial charge in [-0.15, -0.1) is 11.3 Å². The summed E-state index contributed by atoms with van der Waals surface area (Å²) in [6.07, 6.45) is 0. The molecule has 3 aromatic heterocycles. The van der Waals surface area contributed by atoms with Crippen LogP contribution in [0.2, 0.25) is 0 Å². The van der Waals surface area contributed by atoms with Crippen LogP contribution >= 0.6 is 11.3 Å². The first kappa shape index (κ1) is 35.9. The van der Waals surface area contributed by atoms with Gasteiger partial charge in [0.05, 0.1) is 0 Å². The van der Waals surface area contributed by atoms with Crippen molar-refractivity contribution in [1.29, 1.82) is 0 Å². The first-order chi connectivity index (χ1) is 30.7. The standard InChI is InChI=1S/C57H35N3OS/c1-3-13-36(14-4-1)38-17-9-18-39(31-38)40-19-10-20-41(32-40)44-28-30-52-49(35-44)54-47(24-12-26-53(54)62-52)57-59-55(37-15-5-2-6-16-37)58-56(60-57)45-22-11-21-42(33-45)43-27-29-51-48(34-43)46-23-7-8-25-50(46)61-51/h1-35H. The topological polar surface area (TPSA) is 51.8 Å². The zero-order valence-electron chi connectivity index (χ0n) is 33.4. The first-order valence-corrected chi connectivity index (χ1v) is 21.6. The molecule has 12 rings (SSSR count). The Balaban J connectivity index is 0.969. The van der Waals surface area contributed by atoms with E-state index in [1.54, 1.807) is 11.3 Å². The third kappa shape index (κ3) is 6.44. The molecule has 0 saturated heterocycles. The van der Waals surface area contributed by atoms with Gasteiger partial charge in [-0.25, -0.2) is 15.0 Å². The molecule has 0 spiro atoms. The molecular formula is C57H35N3OS. The average Bonchev–Trinajstić information content (AvgIpc) is 3.92. The number of thiophene rings is 1. The van der Waals surface area contributed by atoms with Crippen molar-refractivity contribution in [3.8, 4) is 78.7 Å². The highest BCUT2D eigenvalue weighted by Gasteiger charge is 2.18. The van der Waals surface area contributed by atoms with Crippen molar-refractivity contribution >= 4 is 53.4 Å². The van der Waals surface area contributed by atoms with E-state index in [1.165, 1.54) is 42.6 Å². The Hall–Kier alpha value is -7.99. The molecule has 0 radical (unpaired) electrons. The van der Waals surface area contributed by atoms with E-state index in [2.05, 4.69) is 182 Å². The van der Waals surface area contributed by atoms with Gasteiger partial charge in [0.25, 0.3) is 0 Å². The highest BCUT2D eigenvalue weighted by atomic mass is 32.1. The Morgan fingerprint density at radius 2 is 0.774 bits per heavy atom. The summed E-state index contributed by atoms with van der Waals surface area (Å²) in [5, 5.41) is 4.53. The van der Waals surface area contributed by atoms with Gasteiger partial charge in [0.15, 0.2) is 17.5 Å². The molecule has 0 amide bonds. The molecule has 5 heteroatoms. The number of hydrogen-bond donors (Lipinski definition) is 0. The van der Waals surface area contributed by atoms with Gasteiger partial charge in [0, 0.05) is 47.6 Å². The van der Waals surface area contributed by atoms with Gasteiger partial charge in [0.1, 0.15) is 11.2 Å². The molecule has 62 heavy (non-hydrogen) atoms. The van der Waals surface area contributed by atoms with Crippen LogP contribution in [0.3, 0.4) is 0 Å². The lowest BCUT2D eigenvalue weighted by Crippen LogP contribution is -2.00. The number of para-hydroxylation sites is 1. The van der Waals surface area contributed by atoms with Crippen LogP contribution < -0.4 is 0 Å². The fourth-order valence-electron chi connectivity index (χ4n) is 8.67. The second-order valence-corrected chi connectivity index (χ2v) is 16.7. The fourth-order valence-corrected chi connectivity index (χ4v) is 9.78. The zero-order chi connectivity index (χ0) is 41.0. The average molecular weight is 810 g/mol. The Morgan fingerprint density at radius 3 is 1.48 bits per heavy atom. The van der Waals surface area contributed by atoms with Crippen molar-refractivity contribution in [2.75, 3.05) is 0 Å². The summed E-state index contributed by atoms with van der Waals surface area (Å²) < 4.78 is 8.55. The predicted molar refractivity (Wildman–Crippen MR) is 258 cm³/mol. The van der Waals surface area contributed by atoms with Gasteiger partial charge in [-0.2, -0.15) is 0 Å². The summed E-state index contributed by atoms with van der Waals surface area (Å²) >= 11 is 1.80. The Morgan fingerprint density at radius 1 is 0.290 bits per heavy atom. The third-order valence-electron chi connectivity index (χ3n) is 11.7. The van der Waals surface area contributed by atoms with Crippen molar-refractivity contribution in [3.63, 3.8) is 0 Å². The van der Waals surface area contributed by atoms with E-state index in [0.717, 1.165) is 60.7 Å². The molecule has 0 saturated carbocycles. The summed E-state index contributed by atoms with van der Waals surface area (Å²) in [5.74, 6) is 1.89. The van der Waals surface area contributed by atoms with E-state index in [-0.39, 0.29) is 0 Å². The van der Waals surface area contributed by atoms with Crippen LogP contribution in [0, 0.1) is 0 Å². The van der Waals surface area contributed by atoms with Gasteiger partial charge in [-0.1, -0.05) is 158 Å². The van der Waals surface area contributed by atoms with Crippen LogP contribution in [-0.2, 0) is 0 Å². The molecule has 4 nitrogen and oxygen atoms in total. The lowest BCUT2D eigenvalue weighted by Gasteiger charge is -2.11. The first-order valence-electron chi connectivity index (χ1n) is 20.7. The predicted octanol–water partition coefficient (Wildman–Crippen LogP) is 15.8. The molecule has 0 bridgehead atoms.